The van der Waals surface area contributed by atoms with Crippen LogP contribution in [0.1, 0.15) is 48.5 Å². The molecule has 0 aliphatic rings. The summed E-state index contributed by atoms with van der Waals surface area (Å²) in [6, 6.07) is 13.7. The molecule has 2 aromatic carbocycles. The number of carbonyl (C=O) groups excluding carboxylic acids is 2. The van der Waals surface area contributed by atoms with Crippen LogP contribution in [0, 0.1) is 0 Å². The molecule has 6 nitrogen and oxygen atoms in total. The molecule has 0 aliphatic heterocycles. The van der Waals surface area contributed by atoms with E-state index in [0.717, 1.165) is 0 Å². The van der Waals surface area contributed by atoms with Crippen molar-refractivity contribution in [1.82, 2.24) is 0 Å². The van der Waals surface area contributed by atoms with Crippen LogP contribution in [0.15, 0.2) is 48.5 Å². The highest BCUT2D eigenvalue weighted by atomic mass is 16.5. The number of hydrogen-bond donors (Lipinski definition) is 2. The Hall–Kier alpha value is -3.15. The number of aliphatic carboxylic acids is 1. The largest absolute Gasteiger partial charge is 0.494 e. The van der Waals surface area contributed by atoms with E-state index in [9.17, 15) is 14.4 Å². The number of carbonyl (C=O) groups is 3. The van der Waals surface area contributed by atoms with Crippen molar-refractivity contribution in [2.45, 2.75) is 32.6 Å². The maximum Gasteiger partial charge on any atom is 0.310 e. The van der Waals surface area contributed by atoms with Gasteiger partial charge in [-0.05, 0) is 62.2 Å². The molecule has 0 heterocycles. The zero-order valence-electron chi connectivity index (χ0n) is 15.4. The van der Waals surface area contributed by atoms with Crippen LogP contribution < -0.4 is 10.1 Å². The molecule has 0 bridgehead atoms. The summed E-state index contributed by atoms with van der Waals surface area (Å²) < 4.78 is 5.56. The van der Waals surface area contributed by atoms with Crippen LogP contribution in [-0.4, -0.2) is 29.4 Å². The van der Waals surface area contributed by atoms with Gasteiger partial charge >= 0.3 is 5.97 Å². The summed E-state index contributed by atoms with van der Waals surface area (Å²) in [6.45, 7) is 3.49. The fourth-order valence-corrected chi connectivity index (χ4v) is 2.46. The van der Waals surface area contributed by atoms with E-state index >= 15 is 0 Å². The van der Waals surface area contributed by atoms with E-state index in [1.807, 2.05) is 0 Å². The Bertz CT molecular complexity index is 814. The predicted octanol–water partition coefficient (Wildman–Crippen LogP) is 3.88. The molecule has 0 spiro atoms. The minimum Gasteiger partial charge on any atom is -0.494 e. The van der Waals surface area contributed by atoms with Gasteiger partial charge in [0.25, 0.3) is 0 Å². The van der Waals surface area contributed by atoms with Gasteiger partial charge in [0.2, 0.25) is 5.91 Å². The molecule has 2 rings (SSSR count). The van der Waals surface area contributed by atoms with Gasteiger partial charge in [-0.1, -0.05) is 12.1 Å². The molecule has 6 heteroatoms. The van der Waals surface area contributed by atoms with Crippen LogP contribution >= 0.6 is 0 Å². The first-order valence-corrected chi connectivity index (χ1v) is 8.73. The summed E-state index contributed by atoms with van der Waals surface area (Å²) in [7, 11) is 0. The number of amides is 1. The highest BCUT2D eigenvalue weighted by Crippen LogP contribution is 2.20. The molecule has 27 heavy (non-hydrogen) atoms. The SMILES string of the molecule is CC(=O)c1ccc(OCCCC(=O)Nc2cccc(C(C)C(=O)O)c2)cc1. The summed E-state index contributed by atoms with van der Waals surface area (Å²) in [5.74, 6) is -1.06. The summed E-state index contributed by atoms with van der Waals surface area (Å²) in [5, 5.41) is 11.8. The topological polar surface area (TPSA) is 92.7 Å². The maximum atomic E-state index is 12.0. The number of carboxylic acids is 1. The van der Waals surface area contributed by atoms with Crippen molar-refractivity contribution >= 4 is 23.3 Å². The van der Waals surface area contributed by atoms with E-state index < -0.39 is 11.9 Å². The molecule has 2 aromatic rings. The molecular formula is C21H23NO5. The first-order valence-electron chi connectivity index (χ1n) is 8.73. The third kappa shape index (κ3) is 6.26. The van der Waals surface area contributed by atoms with Gasteiger partial charge in [0.15, 0.2) is 5.78 Å². The molecule has 0 aromatic heterocycles. The second-order valence-corrected chi connectivity index (χ2v) is 6.27. The van der Waals surface area contributed by atoms with Crippen LogP contribution in [0.2, 0.25) is 0 Å². The predicted molar refractivity (Wildman–Crippen MR) is 102 cm³/mol. The molecular weight excluding hydrogens is 346 g/mol. The van der Waals surface area contributed by atoms with Crippen molar-refractivity contribution in [3.05, 3.63) is 59.7 Å². The number of hydrogen-bond acceptors (Lipinski definition) is 4. The Morgan fingerprint density at radius 1 is 1.11 bits per heavy atom. The molecule has 0 fully saturated rings. The number of Topliss-reactive ketones (excluding diaryl/α,β-unsaturated/α-hetero) is 1. The second kappa shape index (κ2) is 9.52. The lowest BCUT2D eigenvalue weighted by atomic mass is 10.0. The van der Waals surface area contributed by atoms with Crippen molar-refractivity contribution in [1.29, 1.82) is 0 Å². The smallest absolute Gasteiger partial charge is 0.310 e. The number of benzene rings is 2. The number of nitrogens with one attached hydrogen (secondary N) is 1. The number of carboxylic acid groups (broad SMARTS) is 1. The molecule has 1 amide bonds. The fourth-order valence-electron chi connectivity index (χ4n) is 2.46. The van der Waals surface area contributed by atoms with E-state index in [0.29, 0.717) is 35.6 Å². The van der Waals surface area contributed by atoms with E-state index in [-0.39, 0.29) is 18.1 Å². The molecule has 0 aliphatic carbocycles. The van der Waals surface area contributed by atoms with Gasteiger partial charge in [0.05, 0.1) is 12.5 Å². The lowest BCUT2D eigenvalue weighted by Gasteiger charge is -2.10. The van der Waals surface area contributed by atoms with Gasteiger partial charge in [-0.15, -0.1) is 0 Å². The van der Waals surface area contributed by atoms with Gasteiger partial charge in [-0.3, -0.25) is 14.4 Å². The molecule has 2 N–H and O–H groups in total. The highest BCUT2D eigenvalue weighted by Gasteiger charge is 2.14. The Labute approximate surface area is 158 Å². The van der Waals surface area contributed by atoms with E-state index in [1.165, 1.54) is 6.92 Å². The molecule has 142 valence electrons. The van der Waals surface area contributed by atoms with Crippen molar-refractivity contribution in [2.75, 3.05) is 11.9 Å². The maximum absolute atomic E-state index is 12.0. The molecule has 0 radical (unpaired) electrons. The minimum absolute atomic E-state index is 0.0000361. The summed E-state index contributed by atoms with van der Waals surface area (Å²) in [4.78, 5) is 34.3. The van der Waals surface area contributed by atoms with Gasteiger partial charge in [-0.25, -0.2) is 0 Å². The first kappa shape index (κ1) is 20.2. The van der Waals surface area contributed by atoms with Crippen LogP contribution in [0.5, 0.6) is 5.75 Å². The summed E-state index contributed by atoms with van der Waals surface area (Å²) in [6.07, 6.45) is 0.815. The summed E-state index contributed by atoms with van der Waals surface area (Å²) >= 11 is 0. The zero-order chi connectivity index (χ0) is 19.8. The number of ketones is 1. The molecule has 1 unspecified atom stereocenters. The lowest BCUT2D eigenvalue weighted by Crippen LogP contribution is -2.13. The Morgan fingerprint density at radius 2 is 1.81 bits per heavy atom. The Kier molecular flexibility index (Phi) is 7.11. The van der Waals surface area contributed by atoms with Crippen molar-refractivity contribution in [3.63, 3.8) is 0 Å². The molecule has 0 saturated carbocycles. The second-order valence-electron chi connectivity index (χ2n) is 6.27. The monoisotopic (exact) mass is 369 g/mol. The Morgan fingerprint density at radius 3 is 2.44 bits per heavy atom. The van der Waals surface area contributed by atoms with Gasteiger partial charge in [0, 0.05) is 17.7 Å². The molecule has 0 saturated heterocycles. The van der Waals surface area contributed by atoms with Gasteiger partial charge in [0.1, 0.15) is 5.75 Å². The average molecular weight is 369 g/mol. The normalized spacial score (nSPS) is 11.5. The average Bonchev–Trinajstić information content (AvgIpc) is 2.65. The van der Waals surface area contributed by atoms with Crippen LogP contribution in [-0.2, 0) is 9.59 Å². The molecule has 1 atom stereocenters. The van der Waals surface area contributed by atoms with E-state index in [4.69, 9.17) is 9.84 Å². The zero-order valence-corrected chi connectivity index (χ0v) is 15.4. The van der Waals surface area contributed by atoms with Crippen molar-refractivity contribution in [2.24, 2.45) is 0 Å². The van der Waals surface area contributed by atoms with Gasteiger partial charge in [-0.2, -0.15) is 0 Å². The first-order chi connectivity index (χ1) is 12.9. The lowest BCUT2D eigenvalue weighted by molar-refractivity contribution is -0.138. The van der Waals surface area contributed by atoms with Gasteiger partial charge < -0.3 is 15.2 Å². The van der Waals surface area contributed by atoms with Crippen molar-refractivity contribution in [3.8, 4) is 5.75 Å². The Balaban J connectivity index is 1.77. The van der Waals surface area contributed by atoms with Crippen LogP contribution in [0.25, 0.3) is 0 Å². The van der Waals surface area contributed by atoms with Crippen molar-refractivity contribution < 1.29 is 24.2 Å². The summed E-state index contributed by atoms with van der Waals surface area (Å²) in [5.41, 5.74) is 1.84. The highest BCUT2D eigenvalue weighted by molar-refractivity contribution is 5.94. The standard InChI is InChI=1S/C21H23NO5/c1-14(21(25)26)17-5-3-6-18(13-17)22-20(24)7-4-12-27-19-10-8-16(9-11-19)15(2)23/h3,5-6,8-11,13-14H,4,7,12H2,1-2H3,(H,22,24)(H,25,26). The number of ether oxygens (including phenoxy) is 1. The fraction of sp³-hybridized carbons (Fsp3) is 0.286. The third-order valence-corrected chi connectivity index (χ3v) is 4.12. The quantitative estimate of drug-likeness (QED) is 0.517. The van der Waals surface area contributed by atoms with E-state index in [1.54, 1.807) is 55.5 Å². The van der Waals surface area contributed by atoms with Crippen LogP contribution in [0.3, 0.4) is 0 Å². The number of anilines is 1. The number of rotatable bonds is 9. The third-order valence-electron chi connectivity index (χ3n) is 4.12. The minimum atomic E-state index is -0.910. The van der Waals surface area contributed by atoms with E-state index in [2.05, 4.69) is 5.32 Å². The van der Waals surface area contributed by atoms with Crippen LogP contribution in [0.4, 0.5) is 5.69 Å².